The molecule has 0 amide bonds. The van der Waals surface area contributed by atoms with Crippen LogP contribution in [0, 0.1) is 5.41 Å². The standard InChI is InChI=1S/C24H31NO3/c1-23(2,3)28-22-13-19(11-12-21(22)27-5)20-15-25(16-24(20,4)17-26)14-18-9-7-6-8-10-18/h6-13,17,20H,14-16H2,1-5H3/t20-,24-/m0/s1. The first kappa shape index (κ1) is 20.4. The molecule has 2 atom stereocenters. The van der Waals surface area contributed by atoms with Crippen molar-refractivity contribution in [2.45, 2.75) is 45.8 Å². The third-order valence-corrected chi connectivity index (χ3v) is 5.33. The lowest BCUT2D eigenvalue weighted by molar-refractivity contribution is -0.115. The van der Waals surface area contributed by atoms with E-state index >= 15 is 0 Å². The second-order valence-electron chi connectivity index (χ2n) is 8.96. The molecule has 1 aliphatic heterocycles. The van der Waals surface area contributed by atoms with Gasteiger partial charge in [0.05, 0.1) is 7.11 Å². The molecule has 2 aromatic carbocycles. The molecule has 0 N–H and O–H groups in total. The summed E-state index contributed by atoms with van der Waals surface area (Å²) in [6.07, 6.45) is 1.12. The first-order valence-corrected chi connectivity index (χ1v) is 9.84. The van der Waals surface area contributed by atoms with Gasteiger partial charge in [-0.15, -0.1) is 0 Å². The minimum absolute atomic E-state index is 0.113. The summed E-state index contributed by atoms with van der Waals surface area (Å²) in [6.45, 7) is 10.6. The van der Waals surface area contributed by atoms with Crippen LogP contribution < -0.4 is 9.47 Å². The van der Waals surface area contributed by atoms with E-state index in [4.69, 9.17) is 9.47 Å². The van der Waals surface area contributed by atoms with E-state index in [1.807, 2.05) is 39.0 Å². The zero-order valence-corrected chi connectivity index (χ0v) is 17.6. The lowest BCUT2D eigenvalue weighted by Gasteiger charge is -2.27. The Hall–Kier alpha value is -2.33. The van der Waals surface area contributed by atoms with Crippen LogP contribution >= 0.6 is 0 Å². The highest BCUT2D eigenvalue weighted by molar-refractivity contribution is 5.63. The van der Waals surface area contributed by atoms with E-state index in [-0.39, 0.29) is 11.5 Å². The van der Waals surface area contributed by atoms with Gasteiger partial charge in [-0.05, 0) is 44.0 Å². The average Bonchev–Trinajstić information content (AvgIpc) is 2.98. The highest BCUT2D eigenvalue weighted by Gasteiger charge is 2.44. The molecule has 0 spiro atoms. The molecule has 4 nitrogen and oxygen atoms in total. The van der Waals surface area contributed by atoms with Gasteiger partial charge in [-0.1, -0.05) is 43.3 Å². The molecule has 0 saturated carbocycles. The number of carbonyl (C=O) groups is 1. The molecule has 28 heavy (non-hydrogen) atoms. The Morgan fingerprint density at radius 3 is 2.46 bits per heavy atom. The topological polar surface area (TPSA) is 38.8 Å². The summed E-state index contributed by atoms with van der Waals surface area (Å²) in [4.78, 5) is 14.4. The van der Waals surface area contributed by atoms with Crippen molar-refractivity contribution in [3.63, 3.8) is 0 Å². The van der Waals surface area contributed by atoms with E-state index < -0.39 is 5.41 Å². The van der Waals surface area contributed by atoms with E-state index in [1.54, 1.807) is 7.11 Å². The number of ether oxygens (including phenoxy) is 2. The molecule has 1 heterocycles. The van der Waals surface area contributed by atoms with Gasteiger partial charge >= 0.3 is 0 Å². The van der Waals surface area contributed by atoms with Gasteiger partial charge < -0.3 is 14.3 Å². The van der Waals surface area contributed by atoms with E-state index in [1.165, 1.54) is 5.56 Å². The lowest BCUT2D eigenvalue weighted by atomic mass is 9.77. The maximum absolute atomic E-state index is 12.1. The predicted molar refractivity (Wildman–Crippen MR) is 112 cm³/mol. The molecule has 2 aromatic rings. The van der Waals surface area contributed by atoms with Crippen LogP contribution in [0.15, 0.2) is 48.5 Å². The van der Waals surface area contributed by atoms with E-state index in [9.17, 15) is 4.79 Å². The van der Waals surface area contributed by atoms with Crippen LogP contribution in [-0.4, -0.2) is 37.0 Å². The largest absolute Gasteiger partial charge is 0.493 e. The van der Waals surface area contributed by atoms with Crippen molar-refractivity contribution >= 4 is 6.29 Å². The van der Waals surface area contributed by atoms with Gasteiger partial charge in [0.25, 0.3) is 0 Å². The van der Waals surface area contributed by atoms with Gasteiger partial charge in [0.1, 0.15) is 11.9 Å². The van der Waals surface area contributed by atoms with Gasteiger partial charge in [-0.2, -0.15) is 0 Å². The SMILES string of the molecule is COc1ccc([C@@H]2CN(Cc3ccccc3)C[C@@]2(C)C=O)cc1OC(C)(C)C. The fourth-order valence-electron chi connectivity index (χ4n) is 4.01. The number of benzene rings is 2. The van der Waals surface area contributed by atoms with E-state index in [0.29, 0.717) is 5.75 Å². The van der Waals surface area contributed by atoms with Crippen LogP contribution in [-0.2, 0) is 11.3 Å². The third kappa shape index (κ3) is 4.56. The molecule has 0 aromatic heterocycles. The summed E-state index contributed by atoms with van der Waals surface area (Å²) in [6, 6.07) is 16.5. The summed E-state index contributed by atoms with van der Waals surface area (Å²) in [7, 11) is 1.65. The normalized spacial score (nSPS) is 22.8. The van der Waals surface area contributed by atoms with Crippen LogP contribution in [0.5, 0.6) is 11.5 Å². The van der Waals surface area contributed by atoms with Crippen molar-refractivity contribution in [1.29, 1.82) is 0 Å². The Labute approximate surface area is 168 Å². The Kier molecular flexibility index (Phi) is 5.80. The zero-order chi connectivity index (χ0) is 20.4. The molecule has 1 aliphatic rings. The smallest absolute Gasteiger partial charge is 0.162 e. The number of aldehydes is 1. The predicted octanol–water partition coefficient (Wildman–Crippen LogP) is 4.68. The highest BCUT2D eigenvalue weighted by atomic mass is 16.5. The molecule has 1 fully saturated rings. The fourth-order valence-corrected chi connectivity index (χ4v) is 4.01. The summed E-state index contributed by atoms with van der Waals surface area (Å²) in [5.74, 6) is 1.55. The van der Waals surface area contributed by atoms with Crippen LogP contribution in [0.1, 0.15) is 44.7 Å². The van der Waals surface area contributed by atoms with Crippen LogP contribution in [0.3, 0.4) is 0 Å². The number of likely N-dealkylation sites (tertiary alicyclic amines) is 1. The van der Waals surface area contributed by atoms with Crippen LogP contribution in [0.2, 0.25) is 0 Å². The number of hydrogen-bond donors (Lipinski definition) is 0. The Bertz CT molecular complexity index is 812. The summed E-state index contributed by atoms with van der Waals surface area (Å²) in [5.41, 5.74) is 1.63. The lowest BCUT2D eigenvalue weighted by Crippen LogP contribution is -2.28. The Morgan fingerprint density at radius 2 is 1.86 bits per heavy atom. The monoisotopic (exact) mass is 381 g/mol. The van der Waals surface area contributed by atoms with Crippen LogP contribution in [0.25, 0.3) is 0 Å². The Balaban J connectivity index is 1.88. The van der Waals surface area contributed by atoms with Crippen LogP contribution in [0.4, 0.5) is 0 Å². The second-order valence-corrected chi connectivity index (χ2v) is 8.96. The van der Waals surface area contributed by atoms with Crippen molar-refractivity contribution in [2.24, 2.45) is 5.41 Å². The Morgan fingerprint density at radius 1 is 1.14 bits per heavy atom. The van der Waals surface area contributed by atoms with Crippen molar-refractivity contribution in [3.8, 4) is 11.5 Å². The van der Waals surface area contributed by atoms with Gasteiger partial charge in [-0.25, -0.2) is 0 Å². The van der Waals surface area contributed by atoms with Crippen molar-refractivity contribution in [2.75, 3.05) is 20.2 Å². The van der Waals surface area contributed by atoms with Gasteiger partial charge in [0.2, 0.25) is 0 Å². The van der Waals surface area contributed by atoms with Crippen molar-refractivity contribution < 1.29 is 14.3 Å². The summed E-state index contributed by atoms with van der Waals surface area (Å²) >= 11 is 0. The molecule has 1 saturated heterocycles. The number of rotatable bonds is 6. The van der Waals surface area contributed by atoms with Gasteiger partial charge in [0.15, 0.2) is 11.5 Å². The first-order chi connectivity index (χ1) is 13.2. The molecule has 150 valence electrons. The molecule has 0 unspecified atom stereocenters. The molecular formula is C24H31NO3. The number of nitrogens with zero attached hydrogens (tertiary/aromatic N) is 1. The maximum atomic E-state index is 12.1. The zero-order valence-electron chi connectivity index (χ0n) is 17.6. The number of methoxy groups -OCH3 is 1. The molecule has 4 heteroatoms. The minimum Gasteiger partial charge on any atom is -0.493 e. The van der Waals surface area contributed by atoms with Gasteiger partial charge in [-0.3, -0.25) is 4.90 Å². The molecule has 0 aliphatic carbocycles. The second kappa shape index (κ2) is 7.96. The fraction of sp³-hybridized carbons (Fsp3) is 0.458. The summed E-state index contributed by atoms with van der Waals surface area (Å²) < 4.78 is 11.6. The molecule has 0 radical (unpaired) electrons. The molecular weight excluding hydrogens is 350 g/mol. The number of carbonyl (C=O) groups excluding carboxylic acids is 1. The van der Waals surface area contributed by atoms with Gasteiger partial charge in [0, 0.05) is 31.0 Å². The third-order valence-electron chi connectivity index (χ3n) is 5.33. The van der Waals surface area contributed by atoms with E-state index in [2.05, 4.69) is 42.2 Å². The molecule has 3 rings (SSSR count). The highest BCUT2D eigenvalue weighted by Crippen LogP contribution is 2.44. The first-order valence-electron chi connectivity index (χ1n) is 9.84. The quantitative estimate of drug-likeness (QED) is 0.681. The summed E-state index contributed by atoms with van der Waals surface area (Å²) in [5, 5.41) is 0. The van der Waals surface area contributed by atoms with E-state index in [0.717, 1.165) is 37.2 Å². The maximum Gasteiger partial charge on any atom is 0.162 e. The minimum atomic E-state index is -0.428. The average molecular weight is 382 g/mol. The van der Waals surface area contributed by atoms with Crippen molar-refractivity contribution in [1.82, 2.24) is 4.90 Å². The van der Waals surface area contributed by atoms with Crippen molar-refractivity contribution in [3.05, 3.63) is 59.7 Å². The number of hydrogen-bond acceptors (Lipinski definition) is 4. The molecule has 0 bridgehead atoms.